The number of rotatable bonds is 3. The monoisotopic (exact) mass is 201 g/mol. The average Bonchev–Trinajstić information content (AvgIpc) is 2.57. The van der Waals surface area contributed by atoms with Crippen molar-refractivity contribution in [3.05, 3.63) is 22.4 Å². The number of nitrogens with two attached hydrogens (primary N) is 1. The minimum atomic E-state index is 0.491. The molecule has 4 N–H and O–H groups in total. The van der Waals surface area contributed by atoms with E-state index in [2.05, 4.69) is 27.6 Å². The van der Waals surface area contributed by atoms with Gasteiger partial charge in [-0.1, -0.05) is 0 Å². The molecule has 66 valence electrons. The Labute approximate surface area is 80.9 Å². The SMILES string of the molecule is NNC(=S)NCCc1ccsc1. The van der Waals surface area contributed by atoms with Crippen molar-refractivity contribution in [1.29, 1.82) is 0 Å². The van der Waals surface area contributed by atoms with Crippen molar-refractivity contribution in [3.63, 3.8) is 0 Å². The van der Waals surface area contributed by atoms with E-state index < -0.39 is 0 Å². The van der Waals surface area contributed by atoms with Crippen LogP contribution in [0.2, 0.25) is 0 Å². The number of nitrogens with one attached hydrogen (secondary N) is 2. The zero-order valence-corrected chi connectivity index (χ0v) is 8.17. The molecule has 0 saturated carbocycles. The summed E-state index contributed by atoms with van der Waals surface area (Å²) in [5.74, 6) is 5.08. The van der Waals surface area contributed by atoms with E-state index in [0.29, 0.717) is 5.11 Å². The number of hydrogen-bond donors (Lipinski definition) is 3. The maximum absolute atomic E-state index is 5.08. The fourth-order valence-corrected chi connectivity index (χ4v) is 1.61. The molecule has 0 spiro atoms. The Morgan fingerprint density at radius 3 is 3.08 bits per heavy atom. The van der Waals surface area contributed by atoms with Crippen molar-refractivity contribution >= 4 is 28.7 Å². The first-order valence-electron chi connectivity index (χ1n) is 3.58. The smallest absolute Gasteiger partial charge is 0.180 e. The molecule has 0 amide bonds. The van der Waals surface area contributed by atoms with E-state index in [1.165, 1.54) is 5.56 Å². The lowest BCUT2D eigenvalue weighted by molar-refractivity contribution is 0.838. The van der Waals surface area contributed by atoms with Crippen LogP contribution in [0.3, 0.4) is 0 Å². The lowest BCUT2D eigenvalue weighted by Gasteiger charge is -2.04. The van der Waals surface area contributed by atoms with Gasteiger partial charge in [-0.2, -0.15) is 11.3 Å². The van der Waals surface area contributed by atoms with E-state index in [1.54, 1.807) is 11.3 Å². The van der Waals surface area contributed by atoms with Crippen molar-refractivity contribution in [3.8, 4) is 0 Å². The van der Waals surface area contributed by atoms with Gasteiger partial charge in [-0.05, 0) is 41.0 Å². The molecule has 1 rings (SSSR count). The quantitative estimate of drug-likeness (QED) is 0.381. The molecular weight excluding hydrogens is 190 g/mol. The van der Waals surface area contributed by atoms with Gasteiger partial charge in [0, 0.05) is 6.54 Å². The van der Waals surface area contributed by atoms with Crippen LogP contribution in [-0.4, -0.2) is 11.7 Å². The van der Waals surface area contributed by atoms with Gasteiger partial charge in [-0.3, -0.25) is 0 Å². The molecule has 0 atom stereocenters. The van der Waals surface area contributed by atoms with Crippen LogP contribution in [0.15, 0.2) is 16.8 Å². The average molecular weight is 201 g/mol. The maximum Gasteiger partial charge on any atom is 0.180 e. The van der Waals surface area contributed by atoms with Crippen LogP contribution in [0.4, 0.5) is 0 Å². The topological polar surface area (TPSA) is 50.1 Å². The summed E-state index contributed by atoms with van der Waals surface area (Å²) in [7, 11) is 0. The van der Waals surface area contributed by atoms with Crippen LogP contribution in [0.25, 0.3) is 0 Å². The van der Waals surface area contributed by atoms with Gasteiger partial charge < -0.3 is 10.7 Å². The first kappa shape index (κ1) is 9.44. The fraction of sp³-hybridized carbons (Fsp3) is 0.286. The van der Waals surface area contributed by atoms with Gasteiger partial charge >= 0.3 is 0 Å². The first-order chi connectivity index (χ1) is 5.83. The highest BCUT2D eigenvalue weighted by Gasteiger charge is 1.93. The standard InChI is InChI=1S/C7H11N3S2/c8-10-7(11)9-3-1-6-2-4-12-5-6/h2,4-5H,1,3,8H2,(H2,9,10,11). The normalized spacial score (nSPS) is 9.42. The number of thiophene rings is 1. The van der Waals surface area contributed by atoms with Gasteiger partial charge in [-0.25, -0.2) is 5.84 Å². The van der Waals surface area contributed by atoms with Gasteiger partial charge in [0.2, 0.25) is 0 Å². The minimum Gasteiger partial charge on any atom is -0.361 e. The van der Waals surface area contributed by atoms with Crippen molar-refractivity contribution in [1.82, 2.24) is 10.7 Å². The van der Waals surface area contributed by atoms with Crippen LogP contribution < -0.4 is 16.6 Å². The third kappa shape index (κ3) is 3.17. The minimum absolute atomic E-state index is 0.491. The first-order valence-corrected chi connectivity index (χ1v) is 4.93. The van der Waals surface area contributed by atoms with Gasteiger partial charge in [0.1, 0.15) is 0 Å². The summed E-state index contributed by atoms with van der Waals surface area (Å²) in [6, 6.07) is 2.10. The highest BCUT2D eigenvalue weighted by Crippen LogP contribution is 2.05. The number of thiocarbonyl (C=S) groups is 1. The largest absolute Gasteiger partial charge is 0.361 e. The fourth-order valence-electron chi connectivity index (χ4n) is 0.806. The third-order valence-electron chi connectivity index (χ3n) is 1.41. The van der Waals surface area contributed by atoms with E-state index in [9.17, 15) is 0 Å². The van der Waals surface area contributed by atoms with Gasteiger partial charge in [0.25, 0.3) is 0 Å². The molecule has 0 aliphatic carbocycles. The summed E-state index contributed by atoms with van der Waals surface area (Å²) in [6.07, 6.45) is 0.978. The molecular formula is C7H11N3S2. The highest BCUT2D eigenvalue weighted by molar-refractivity contribution is 7.80. The second-order valence-corrected chi connectivity index (χ2v) is 3.47. The molecule has 12 heavy (non-hydrogen) atoms. The molecule has 1 aromatic rings. The molecule has 0 aromatic carbocycles. The molecule has 0 bridgehead atoms. The second kappa shape index (κ2) is 5.08. The Morgan fingerprint density at radius 2 is 2.50 bits per heavy atom. The van der Waals surface area contributed by atoms with E-state index in [1.807, 2.05) is 0 Å². The van der Waals surface area contributed by atoms with Crippen molar-refractivity contribution in [2.75, 3.05) is 6.54 Å². The van der Waals surface area contributed by atoms with Gasteiger partial charge in [0.15, 0.2) is 5.11 Å². The molecule has 0 radical (unpaired) electrons. The Hall–Kier alpha value is -0.650. The van der Waals surface area contributed by atoms with Crippen LogP contribution in [0.5, 0.6) is 0 Å². The Morgan fingerprint density at radius 1 is 1.67 bits per heavy atom. The number of hydrogen-bond acceptors (Lipinski definition) is 3. The molecule has 3 nitrogen and oxygen atoms in total. The molecule has 0 saturated heterocycles. The van der Waals surface area contributed by atoms with E-state index in [-0.39, 0.29) is 0 Å². The van der Waals surface area contributed by atoms with E-state index in [0.717, 1.165) is 13.0 Å². The molecule has 1 heterocycles. The van der Waals surface area contributed by atoms with E-state index in [4.69, 9.17) is 18.1 Å². The molecule has 0 fully saturated rings. The van der Waals surface area contributed by atoms with Crippen LogP contribution in [-0.2, 0) is 6.42 Å². The third-order valence-corrected chi connectivity index (χ3v) is 2.40. The summed E-state index contributed by atoms with van der Waals surface area (Å²) < 4.78 is 0. The van der Waals surface area contributed by atoms with E-state index >= 15 is 0 Å². The molecule has 5 heteroatoms. The maximum atomic E-state index is 5.08. The van der Waals surface area contributed by atoms with Gasteiger partial charge in [-0.15, -0.1) is 0 Å². The predicted octanol–water partition coefficient (Wildman–Crippen LogP) is 0.628. The summed E-state index contributed by atoms with van der Waals surface area (Å²) in [6.45, 7) is 0.819. The molecule has 0 aliphatic heterocycles. The summed E-state index contributed by atoms with van der Waals surface area (Å²) >= 11 is 6.51. The zero-order valence-electron chi connectivity index (χ0n) is 6.54. The second-order valence-electron chi connectivity index (χ2n) is 2.28. The molecule has 0 unspecified atom stereocenters. The lowest BCUT2D eigenvalue weighted by Crippen LogP contribution is -2.40. The van der Waals surface area contributed by atoms with Crippen molar-refractivity contribution in [2.24, 2.45) is 5.84 Å². The molecule has 1 aromatic heterocycles. The Bertz CT molecular complexity index is 233. The predicted molar refractivity (Wildman–Crippen MR) is 55.9 cm³/mol. The van der Waals surface area contributed by atoms with Crippen LogP contribution in [0, 0.1) is 0 Å². The van der Waals surface area contributed by atoms with Crippen LogP contribution >= 0.6 is 23.6 Å². The van der Waals surface area contributed by atoms with Gasteiger partial charge in [0.05, 0.1) is 0 Å². The summed E-state index contributed by atoms with van der Waals surface area (Å²) in [4.78, 5) is 0. The van der Waals surface area contributed by atoms with Crippen molar-refractivity contribution < 1.29 is 0 Å². The Kier molecular flexibility index (Phi) is 3.99. The Balaban J connectivity index is 2.15. The molecule has 0 aliphatic rings. The van der Waals surface area contributed by atoms with Crippen molar-refractivity contribution in [2.45, 2.75) is 6.42 Å². The number of hydrazine groups is 1. The summed E-state index contributed by atoms with van der Waals surface area (Å²) in [5.41, 5.74) is 3.69. The zero-order chi connectivity index (χ0) is 8.81. The lowest BCUT2D eigenvalue weighted by atomic mass is 10.2. The highest BCUT2D eigenvalue weighted by atomic mass is 32.1. The summed E-state index contributed by atoms with van der Waals surface area (Å²) in [5, 5.41) is 7.65. The van der Waals surface area contributed by atoms with Crippen LogP contribution in [0.1, 0.15) is 5.56 Å².